The van der Waals surface area contributed by atoms with Crippen LogP contribution in [0.4, 0.5) is 8.78 Å². The largest absolute Gasteiger partial charge is 0.396 e. The fourth-order valence-corrected chi connectivity index (χ4v) is 2.79. The summed E-state index contributed by atoms with van der Waals surface area (Å²) in [5.41, 5.74) is 0.264. The molecule has 1 aromatic carbocycles. The number of benzene rings is 1. The summed E-state index contributed by atoms with van der Waals surface area (Å²) in [4.78, 5) is 18.1. The highest BCUT2D eigenvalue weighted by molar-refractivity contribution is 6.05. The minimum atomic E-state index is -2.93. The first-order valence-electron chi connectivity index (χ1n) is 7.14. The summed E-state index contributed by atoms with van der Waals surface area (Å²) in [6.07, 6.45) is 1.10. The van der Waals surface area contributed by atoms with Crippen LogP contribution in [0, 0.1) is 5.92 Å². The third kappa shape index (κ3) is 2.54. The van der Waals surface area contributed by atoms with Crippen molar-refractivity contribution in [2.45, 2.75) is 12.3 Å². The minimum Gasteiger partial charge on any atom is -0.396 e. The second-order valence-electron chi connectivity index (χ2n) is 5.52. The molecule has 0 radical (unpaired) electrons. The Morgan fingerprint density at radius 3 is 2.91 bits per heavy atom. The quantitative estimate of drug-likeness (QED) is 0.926. The van der Waals surface area contributed by atoms with Crippen molar-refractivity contribution in [2.75, 3.05) is 19.7 Å². The normalized spacial score (nSPS) is 21.0. The summed E-state index contributed by atoms with van der Waals surface area (Å²) in [6, 6.07) is 9.13. The number of likely N-dealkylation sites (tertiary alicyclic amines) is 1. The van der Waals surface area contributed by atoms with Crippen LogP contribution in [-0.2, 0) is 0 Å². The predicted molar refractivity (Wildman–Crippen MR) is 77.8 cm³/mol. The fraction of sp³-hybridized carbons (Fsp3) is 0.375. The monoisotopic (exact) mass is 306 g/mol. The van der Waals surface area contributed by atoms with Gasteiger partial charge in [-0.3, -0.25) is 9.78 Å². The maximum absolute atomic E-state index is 13.6. The van der Waals surface area contributed by atoms with Gasteiger partial charge < -0.3 is 10.0 Å². The number of hydrogen-bond donors (Lipinski definition) is 1. The molecule has 22 heavy (non-hydrogen) atoms. The number of aromatic nitrogens is 1. The Hall–Kier alpha value is -2.08. The van der Waals surface area contributed by atoms with Gasteiger partial charge in [0, 0.05) is 31.1 Å². The van der Waals surface area contributed by atoms with Crippen molar-refractivity contribution in [3.8, 4) is 0 Å². The van der Waals surface area contributed by atoms with Crippen molar-refractivity contribution >= 4 is 16.7 Å². The van der Waals surface area contributed by atoms with Crippen molar-refractivity contribution in [2.24, 2.45) is 5.92 Å². The minimum absolute atomic E-state index is 0.0345. The molecule has 1 fully saturated rings. The smallest absolute Gasteiger partial charge is 0.273 e. The number of aliphatic hydroxyl groups is 1. The lowest BCUT2D eigenvalue weighted by Crippen LogP contribution is -2.50. The number of hydrogen-bond acceptors (Lipinski definition) is 3. The molecule has 1 aliphatic rings. The number of aliphatic hydroxyl groups excluding tert-OH is 1. The van der Waals surface area contributed by atoms with Gasteiger partial charge in [-0.25, -0.2) is 8.78 Å². The summed E-state index contributed by atoms with van der Waals surface area (Å²) < 4.78 is 27.3. The third-order valence-electron chi connectivity index (χ3n) is 4.14. The zero-order valence-corrected chi connectivity index (χ0v) is 11.9. The maximum Gasteiger partial charge on any atom is 0.273 e. The van der Waals surface area contributed by atoms with E-state index in [4.69, 9.17) is 5.11 Å². The molecule has 2 aromatic rings. The van der Waals surface area contributed by atoms with E-state index < -0.39 is 24.9 Å². The highest BCUT2D eigenvalue weighted by atomic mass is 19.3. The van der Waals surface area contributed by atoms with Crippen LogP contribution in [0.3, 0.4) is 0 Å². The molecular formula is C16H16F2N2O2. The second kappa shape index (κ2) is 5.61. The van der Waals surface area contributed by atoms with Gasteiger partial charge in [0.2, 0.25) is 0 Å². The van der Waals surface area contributed by atoms with Crippen molar-refractivity contribution < 1.29 is 18.7 Å². The van der Waals surface area contributed by atoms with Gasteiger partial charge in [-0.1, -0.05) is 24.3 Å². The molecule has 1 N–H and O–H groups in total. The summed E-state index contributed by atoms with van der Waals surface area (Å²) in [6.45, 7) is -0.833. The van der Waals surface area contributed by atoms with Crippen LogP contribution in [-0.4, -0.2) is 46.5 Å². The number of piperidine rings is 1. The van der Waals surface area contributed by atoms with Gasteiger partial charge in [0.1, 0.15) is 5.69 Å². The van der Waals surface area contributed by atoms with E-state index >= 15 is 0 Å². The van der Waals surface area contributed by atoms with Crippen molar-refractivity contribution in [1.82, 2.24) is 9.88 Å². The average Bonchev–Trinajstić information content (AvgIpc) is 2.53. The molecule has 3 rings (SSSR count). The molecule has 1 unspecified atom stereocenters. The van der Waals surface area contributed by atoms with Crippen LogP contribution in [0.25, 0.3) is 10.8 Å². The van der Waals surface area contributed by atoms with Gasteiger partial charge in [0.25, 0.3) is 11.8 Å². The Morgan fingerprint density at radius 2 is 2.14 bits per heavy atom. The van der Waals surface area contributed by atoms with E-state index in [2.05, 4.69) is 4.98 Å². The van der Waals surface area contributed by atoms with Gasteiger partial charge in [0.05, 0.1) is 12.5 Å². The lowest BCUT2D eigenvalue weighted by atomic mass is 9.94. The van der Waals surface area contributed by atoms with Crippen LogP contribution in [0.2, 0.25) is 0 Å². The standard InChI is InChI=1S/C16H16F2N2O2/c17-16(18)6-8-20(9-12(16)10-21)15(22)14-13-4-2-1-3-11(13)5-7-19-14/h1-5,7,12,21H,6,8-10H2. The topological polar surface area (TPSA) is 53.4 Å². The summed E-state index contributed by atoms with van der Waals surface area (Å²) in [5, 5.41) is 10.7. The molecule has 2 heterocycles. The zero-order valence-electron chi connectivity index (χ0n) is 11.9. The van der Waals surface area contributed by atoms with Crippen molar-refractivity contribution in [3.05, 3.63) is 42.2 Å². The number of carbonyl (C=O) groups excluding carboxylic acids is 1. The fourth-order valence-electron chi connectivity index (χ4n) is 2.79. The van der Waals surface area contributed by atoms with E-state index in [1.807, 2.05) is 18.2 Å². The number of pyridine rings is 1. The van der Waals surface area contributed by atoms with Gasteiger partial charge in [-0.15, -0.1) is 0 Å². The maximum atomic E-state index is 13.6. The Bertz CT molecular complexity index is 700. The van der Waals surface area contributed by atoms with Crippen LogP contribution in [0.5, 0.6) is 0 Å². The van der Waals surface area contributed by atoms with Crippen molar-refractivity contribution in [1.29, 1.82) is 0 Å². The number of carbonyl (C=O) groups is 1. The first-order valence-corrected chi connectivity index (χ1v) is 7.14. The van der Waals surface area contributed by atoms with E-state index in [0.717, 1.165) is 5.39 Å². The number of fused-ring (bicyclic) bond motifs is 1. The predicted octanol–water partition coefficient (Wildman–Crippen LogP) is 2.32. The molecule has 116 valence electrons. The van der Waals surface area contributed by atoms with Crippen LogP contribution in [0.15, 0.2) is 36.5 Å². The van der Waals surface area contributed by atoms with E-state index in [0.29, 0.717) is 5.39 Å². The van der Waals surface area contributed by atoms with Crippen molar-refractivity contribution in [3.63, 3.8) is 0 Å². The highest BCUT2D eigenvalue weighted by Gasteiger charge is 2.45. The Morgan fingerprint density at radius 1 is 1.36 bits per heavy atom. The highest BCUT2D eigenvalue weighted by Crippen LogP contribution is 2.33. The molecular weight excluding hydrogens is 290 g/mol. The lowest BCUT2D eigenvalue weighted by Gasteiger charge is -2.37. The third-order valence-corrected chi connectivity index (χ3v) is 4.14. The first kappa shape index (κ1) is 14.8. The van der Waals surface area contributed by atoms with Gasteiger partial charge in [0.15, 0.2) is 0 Å². The molecule has 1 aliphatic heterocycles. The number of nitrogens with zero attached hydrogens (tertiary/aromatic N) is 2. The average molecular weight is 306 g/mol. The number of rotatable bonds is 2. The molecule has 6 heteroatoms. The van der Waals surface area contributed by atoms with Crippen LogP contribution in [0.1, 0.15) is 16.9 Å². The summed E-state index contributed by atoms with van der Waals surface area (Å²) in [7, 11) is 0. The molecule has 1 aromatic heterocycles. The molecule has 0 aliphatic carbocycles. The van der Waals surface area contributed by atoms with E-state index in [1.165, 1.54) is 11.1 Å². The van der Waals surface area contributed by atoms with Crippen LogP contribution < -0.4 is 0 Å². The van der Waals surface area contributed by atoms with E-state index in [-0.39, 0.29) is 24.7 Å². The number of halogens is 2. The van der Waals surface area contributed by atoms with Crippen LogP contribution >= 0.6 is 0 Å². The molecule has 1 amide bonds. The first-order chi connectivity index (χ1) is 10.5. The molecule has 1 atom stereocenters. The van der Waals surface area contributed by atoms with E-state index in [9.17, 15) is 13.6 Å². The Kier molecular flexibility index (Phi) is 3.78. The number of amides is 1. The molecule has 1 saturated heterocycles. The van der Waals surface area contributed by atoms with Gasteiger partial charge in [-0.05, 0) is 11.5 Å². The summed E-state index contributed by atoms with van der Waals surface area (Å²) >= 11 is 0. The Balaban J connectivity index is 1.91. The SMILES string of the molecule is O=C(c1nccc2ccccc12)N1CCC(F)(F)C(CO)C1. The zero-order chi connectivity index (χ0) is 15.7. The second-order valence-corrected chi connectivity index (χ2v) is 5.52. The molecule has 4 nitrogen and oxygen atoms in total. The number of alkyl halides is 2. The summed E-state index contributed by atoms with van der Waals surface area (Å²) in [5.74, 6) is -4.52. The van der Waals surface area contributed by atoms with Gasteiger partial charge in [-0.2, -0.15) is 0 Å². The molecule has 0 saturated carbocycles. The molecule has 0 bridgehead atoms. The lowest BCUT2D eigenvalue weighted by molar-refractivity contribution is -0.113. The Labute approximate surface area is 126 Å². The molecule has 0 spiro atoms. The van der Waals surface area contributed by atoms with E-state index in [1.54, 1.807) is 12.1 Å². The van der Waals surface area contributed by atoms with Gasteiger partial charge >= 0.3 is 0 Å².